The molecule has 0 bridgehead atoms. The third kappa shape index (κ3) is 2.61. The second-order valence-corrected chi connectivity index (χ2v) is 6.41. The molecule has 1 saturated heterocycles. The lowest BCUT2D eigenvalue weighted by Gasteiger charge is -2.33. The Hall–Kier alpha value is -1.66. The van der Waals surface area contributed by atoms with Gasteiger partial charge >= 0.3 is 0 Å². The smallest absolute Gasteiger partial charge is 0.266 e. The number of likely N-dealkylation sites (tertiary alicyclic amines) is 1. The van der Waals surface area contributed by atoms with E-state index in [0.29, 0.717) is 22.5 Å². The second-order valence-electron chi connectivity index (χ2n) is 6.04. The van der Waals surface area contributed by atoms with Gasteiger partial charge in [0.05, 0.1) is 17.2 Å². The highest BCUT2D eigenvalue weighted by Gasteiger charge is 2.38. The fraction of sp³-hybridized carbons (Fsp3) is 0.467. The highest BCUT2D eigenvalue weighted by atomic mass is 32.1. The fourth-order valence-corrected chi connectivity index (χ4v) is 3.19. The minimum absolute atomic E-state index is 0.0798. The average Bonchev–Trinajstić information content (AvgIpc) is 3.01. The summed E-state index contributed by atoms with van der Waals surface area (Å²) in [4.78, 5) is 17.7. The van der Waals surface area contributed by atoms with Gasteiger partial charge in [-0.05, 0) is 57.1 Å². The Bertz CT molecular complexity index is 741. The molecule has 1 aromatic heterocycles. The predicted octanol–water partition coefficient (Wildman–Crippen LogP) is 2.87. The van der Waals surface area contributed by atoms with Gasteiger partial charge in [0.2, 0.25) is 0 Å². The lowest BCUT2D eigenvalue weighted by Crippen LogP contribution is -2.48. The van der Waals surface area contributed by atoms with E-state index in [1.54, 1.807) is 36.9 Å². The van der Waals surface area contributed by atoms with Gasteiger partial charge in [0.15, 0.2) is 5.58 Å². The number of nitrogens with zero attached hydrogens (tertiary/aromatic N) is 1. The number of oxazole rings is 1. The van der Waals surface area contributed by atoms with Gasteiger partial charge in [0, 0.05) is 12.1 Å². The molecule has 6 heteroatoms. The molecule has 1 unspecified atom stereocenters. The molecular weight excluding hydrogens is 288 g/mol. The summed E-state index contributed by atoms with van der Waals surface area (Å²) in [6, 6.07) is 5.09. The maximum atomic E-state index is 12.7. The molecule has 0 saturated carbocycles. The lowest BCUT2D eigenvalue weighted by atomic mass is 9.96. The summed E-state index contributed by atoms with van der Waals surface area (Å²) in [5.74, 6) is -0.0798. The van der Waals surface area contributed by atoms with Crippen LogP contribution in [0.15, 0.2) is 22.6 Å². The second kappa shape index (κ2) is 4.96. The predicted molar refractivity (Wildman–Crippen MR) is 81.8 cm³/mol. The first-order valence-electron chi connectivity index (χ1n) is 7.02. The Balaban J connectivity index is 1.94. The zero-order chi connectivity index (χ0) is 15.2. The number of carbonyl (C=O) groups excluding carboxylic acids is 1. The fourth-order valence-electron chi connectivity index (χ4n) is 2.99. The summed E-state index contributed by atoms with van der Waals surface area (Å²) in [7, 11) is 0. The molecule has 0 spiro atoms. The minimum Gasteiger partial charge on any atom is -0.429 e. The lowest BCUT2D eigenvalue weighted by molar-refractivity contribution is 0.000340. The molecule has 0 radical (unpaired) electrons. The van der Waals surface area contributed by atoms with Crippen LogP contribution in [0.25, 0.3) is 11.1 Å². The van der Waals surface area contributed by atoms with Gasteiger partial charge in [-0.3, -0.25) is 4.79 Å². The van der Waals surface area contributed by atoms with Gasteiger partial charge in [-0.2, -0.15) is 0 Å². The summed E-state index contributed by atoms with van der Waals surface area (Å²) in [5, 5.41) is 10.2. The highest BCUT2D eigenvalue weighted by Crippen LogP contribution is 2.28. The summed E-state index contributed by atoms with van der Waals surface area (Å²) in [5.41, 5.74) is 1.00. The van der Waals surface area contributed by atoms with E-state index in [9.17, 15) is 9.90 Å². The molecule has 112 valence electrons. The maximum Gasteiger partial charge on any atom is 0.266 e. The van der Waals surface area contributed by atoms with E-state index in [0.717, 1.165) is 18.4 Å². The van der Waals surface area contributed by atoms with Crippen LogP contribution in [0.5, 0.6) is 0 Å². The Labute approximate surface area is 127 Å². The van der Waals surface area contributed by atoms with Crippen molar-refractivity contribution < 1.29 is 14.3 Å². The van der Waals surface area contributed by atoms with Crippen molar-refractivity contribution in [2.45, 2.75) is 38.3 Å². The van der Waals surface area contributed by atoms with Gasteiger partial charge in [0.1, 0.15) is 0 Å². The number of H-pyrrole nitrogens is 1. The quantitative estimate of drug-likeness (QED) is 0.837. The van der Waals surface area contributed by atoms with Crippen molar-refractivity contribution in [2.75, 3.05) is 6.54 Å². The number of fused-ring (bicyclic) bond motifs is 1. The van der Waals surface area contributed by atoms with Crippen molar-refractivity contribution in [3.8, 4) is 0 Å². The van der Waals surface area contributed by atoms with Crippen molar-refractivity contribution >= 4 is 29.2 Å². The number of aliphatic hydroxyl groups is 1. The molecule has 1 aliphatic heterocycles. The Morgan fingerprint density at radius 2 is 2.29 bits per heavy atom. The molecule has 0 aliphatic carbocycles. The topological polar surface area (TPSA) is 69.5 Å². The van der Waals surface area contributed by atoms with Crippen LogP contribution in [-0.4, -0.2) is 39.1 Å². The number of aromatic nitrogens is 1. The monoisotopic (exact) mass is 306 g/mol. The molecule has 2 aromatic rings. The van der Waals surface area contributed by atoms with Gasteiger partial charge in [-0.15, -0.1) is 0 Å². The van der Waals surface area contributed by atoms with Gasteiger partial charge < -0.3 is 19.4 Å². The summed E-state index contributed by atoms with van der Waals surface area (Å²) < 4.78 is 5.35. The Morgan fingerprint density at radius 3 is 3.00 bits per heavy atom. The van der Waals surface area contributed by atoms with E-state index in [1.807, 2.05) is 0 Å². The van der Waals surface area contributed by atoms with Crippen LogP contribution >= 0.6 is 12.2 Å². The van der Waals surface area contributed by atoms with Crippen molar-refractivity contribution in [3.05, 3.63) is 28.6 Å². The van der Waals surface area contributed by atoms with Gasteiger partial charge in [-0.25, -0.2) is 0 Å². The van der Waals surface area contributed by atoms with E-state index < -0.39 is 5.60 Å². The van der Waals surface area contributed by atoms with E-state index in [1.165, 1.54) is 0 Å². The molecule has 1 amide bonds. The number of benzene rings is 1. The zero-order valence-electron chi connectivity index (χ0n) is 12.0. The number of hydrogen-bond acceptors (Lipinski definition) is 4. The van der Waals surface area contributed by atoms with Gasteiger partial charge in [-0.1, -0.05) is 0 Å². The first-order valence-corrected chi connectivity index (χ1v) is 7.43. The van der Waals surface area contributed by atoms with Crippen LogP contribution < -0.4 is 0 Å². The average molecular weight is 306 g/mol. The molecule has 21 heavy (non-hydrogen) atoms. The Kier molecular flexibility index (Phi) is 3.37. The van der Waals surface area contributed by atoms with Crippen LogP contribution in [0.1, 0.15) is 37.0 Å². The van der Waals surface area contributed by atoms with Crippen LogP contribution in [-0.2, 0) is 0 Å². The number of rotatable bonds is 2. The standard InChI is InChI=1S/C15H18N2O3S/c1-15(2,19)12-4-3-7-17(12)13(18)9-5-6-10-11(8-9)20-14(21)16-10/h5-6,8,12,19H,3-4,7H2,1-2H3,(H,16,21). The third-order valence-electron chi connectivity index (χ3n) is 4.00. The normalized spacial score (nSPS) is 19.4. The molecule has 5 nitrogen and oxygen atoms in total. The first-order chi connectivity index (χ1) is 9.86. The van der Waals surface area contributed by atoms with Crippen molar-refractivity contribution in [2.24, 2.45) is 0 Å². The molecule has 1 fully saturated rings. The van der Waals surface area contributed by atoms with Crippen LogP contribution in [0, 0.1) is 4.84 Å². The molecule has 1 aliphatic rings. The molecule has 2 heterocycles. The largest absolute Gasteiger partial charge is 0.429 e. The molecule has 2 N–H and O–H groups in total. The van der Waals surface area contributed by atoms with Crippen LogP contribution in [0.3, 0.4) is 0 Å². The number of amides is 1. The van der Waals surface area contributed by atoms with E-state index >= 15 is 0 Å². The molecule has 1 aromatic carbocycles. The molecule has 1 atom stereocenters. The Morgan fingerprint density at radius 1 is 1.52 bits per heavy atom. The number of aromatic amines is 1. The van der Waals surface area contributed by atoms with Gasteiger partial charge in [0.25, 0.3) is 10.7 Å². The first kappa shape index (κ1) is 14.3. The number of hydrogen-bond donors (Lipinski definition) is 2. The third-order valence-corrected chi connectivity index (χ3v) is 4.18. The SMILES string of the molecule is CC(C)(O)C1CCCN1C(=O)c1ccc2[nH]c(=S)oc2c1. The summed E-state index contributed by atoms with van der Waals surface area (Å²) in [6.45, 7) is 4.16. The van der Waals surface area contributed by atoms with Crippen LogP contribution in [0.2, 0.25) is 0 Å². The molecule has 3 rings (SSSR count). The number of nitrogens with one attached hydrogen (secondary N) is 1. The van der Waals surface area contributed by atoms with Crippen LogP contribution in [0.4, 0.5) is 0 Å². The van der Waals surface area contributed by atoms with Crippen molar-refractivity contribution in [1.29, 1.82) is 0 Å². The maximum absolute atomic E-state index is 12.7. The van der Waals surface area contributed by atoms with E-state index in [2.05, 4.69) is 4.98 Å². The summed E-state index contributed by atoms with van der Waals surface area (Å²) in [6.07, 6.45) is 1.73. The van der Waals surface area contributed by atoms with Crippen molar-refractivity contribution in [1.82, 2.24) is 9.88 Å². The van der Waals surface area contributed by atoms with E-state index in [4.69, 9.17) is 16.6 Å². The zero-order valence-corrected chi connectivity index (χ0v) is 12.9. The highest BCUT2D eigenvalue weighted by molar-refractivity contribution is 7.71. The van der Waals surface area contributed by atoms with E-state index in [-0.39, 0.29) is 11.9 Å². The minimum atomic E-state index is -0.900. The molecular formula is C15H18N2O3S. The number of carbonyl (C=O) groups is 1. The van der Waals surface area contributed by atoms with Crippen molar-refractivity contribution in [3.63, 3.8) is 0 Å². The summed E-state index contributed by atoms with van der Waals surface area (Å²) >= 11 is 4.95.